The first-order chi connectivity index (χ1) is 14.7. The van der Waals surface area contributed by atoms with Crippen LogP contribution in [-0.4, -0.2) is 36.5 Å². The number of rotatable bonds is 4. The summed E-state index contributed by atoms with van der Waals surface area (Å²) in [4.78, 5) is 17.1. The molecule has 0 saturated carbocycles. The average Bonchev–Trinajstić information content (AvgIpc) is 3.19. The summed E-state index contributed by atoms with van der Waals surface area (Å²) in [5.74, 6) is 0.779. The van der Waals surface area contributed by atoms with E-state index in [9.17, 15) is 4.79 Å². The number of aryl methyl sites for hydroxylation is 1. The van der Waals surface area contributed by atoms with Crippen LogP contribution in [-0.2, 0) is 6.42 Å². The van der Waals surface area contributed by atoms with Crippen molar-refractivity contribution in [3.05, 3.63) is 77.1 Å². The molecule has 4 heterocycles. The molecule has 0 spiro atoms. The summed E-state index contributed by atoms with van der Waals surface area (Å²) in [6.45, 7) is 2.04. The molecule has 4 aromatic heterocycles. The van der Waals surface area contributed by atoms with Gasteiger partial charge in [-0.05, 0) is 42.3 Å². The minimum absolute atomic E-state index is 0.257. The molecule has 0 aliphatic carbocycles. The predicted molar refractivity (Wildman–Crippen MR) is 113 cm³/mol. The fourth-order valence-electron chi connectivity index (χ4n) is 3.60. The number of ether oxygens (including phenoxy) is 1. The van der Waals surface area contributed by atoms with Gasteiger partial charge in [-0.2, -0.15) is 5.10 Å². The Labute approximate surface area is 171 Å². The molecule has 0 fully saturated rings. The number of fused-ring (bicyclic) bond motifs is 3. The molecule has 0 saturated heterocycles. The van der Waals surface area contributed by atoms with Crippen LogP contribution < -0.4 is 10.3 Å². The second-order valence-electron chi connectivity index (χ2n) is 6.77. The van der Waals surface area contributed by atoms with Crippen molar-refractivity contribution in [1.82, 2.24) is 29.4 Å². The normalized spacial score (nSPS) is 11.3. The Morgan fingerprint density at radius 1 is 1.00 bits per heavy atom. The number of hydrogen-bond acceptors (Lipinski definition) is 6. The van der Waals surface area contributed by atoms with Gasteiger partial charge in [0, 0.05) is 18.6 Å². The standard InChI is InChI=1S/C22H18N6O2/c1-3-17-19(14-4-6-16(30-2)7-5-14)21-25-24-20-18(28(21)26-17)10-13-27(22(20)29)15-8-11-23-12-9-15/h4-13H,3H2,1-2H3. The lowest BCUT2D eigenvalue weighted by atomic mass is 10.0. The predicted octanol–water partition coefficient (Wildman–Crippen LogP) is 3.06. The fourth-order valence-corrected chi connectivity index (χ4v) is 3.60. The van der Waals surface area contributed by atoms with E-state index < -0.39 is 0 Å². The van der Waals surface area contributed by atoms with Gasteiger partial charge in [-0.15, -0.1) is 10.2 Å². The summed E-state index contributed by atoms with van der Waals surface area (Å²) in [7, 11) is 1.64. The zero-order valence-corrected chi connectivity index (χ0v) is 16.5. The molecule has 0 atom stereocenters. The molecule has 0 bridgehead atoms. The second-order valence-corrected chi connectivity index (χ2v) is 6.77. The second kappa shape index (κ2) is 7.07. The van der Waals surface area contributed by atoms with Crippen molar-refractivity contribution in [2.45, 2.75) is 13.3 Å². The third-order valence-corrected chi connectivity index (χ3v) is 5.11. The van der Waals surface area contributed by atoms with Crippen LogP contribution in [0.25, 0.3) is 33.5 Å². The average molecular weight is 398 g/mol. The van der Waals surface area contributed by atoms with Crippen molar-refractivity contribution in [3.63, 3.8) is 0 Å². The van der Waals surface area contributed by atoms with Crippen LogP contribution in [0.2, 0.25) is 0 Å². The van der Waals surface area contributed by atoms with E-state index in [1.54, 1.807) is 42.3 Å². The highest BCUT2D eigenvalue weighted by Gasteiger charge is 2.19. The maximum Gasteiger partial charge on any atom is 0.285 e. The number of methoxy groups -OCH3 is 1. The molecule has 8 heteroatoms. The van der Waals surface area contributed by atoms with E-state index in [0.717, 1.165) is 29.0 Å². The first kappa shape index (κ1) is 18.0. The molecule has 0 amide bonds. The number of hydrogen-bond donors (Lipinski definition) is 0. The van der Waals surface area contributed by atoms with Crippen molar-refractivity contribution in [1.29, 1.82) is 0 Å². The van der Waals surface area contributed by atoms with Crippen LogP contribution in [0.3, 0.4) is 0 Å². The van der Waals surface area contributed by atoms with E-state index in [1.807, 2.05) is 37.3 Å². The Kier molecular flexibility index (Phi) is 4.24. The molecule has 8 nitrogen and oxygen atoms in total. The minimum Gasteiger partial charge on any atom is -0.497 e. The highest BCUT2D eigenvalue weighted by atomic mass is 16.5. The monoisotopic (exact) mass is 398 g/mol. The fraction of sp³-hybridized carbons (Fsp3) is 0.136. The Morgan fingerprint density at radius 3 is 2.47 bits per heavy atom. The van der Waals surface area contributed by atoms with E-state index >= 15 is 0 Å². The zero-order valence-electron chi connectivity index (χ0n) is 16.5. The summed E-state index contributed by atoms with van der Waals surface area (Å²) < 4.78 is 8.49. The lowest BCUT2D eigenvalue weighted by Crippen LogP contribution is -2.20. The third kappa shape index (κ3) is 2.73. The molecule has 5 aromatic rings. The molecule has 30 heavy (non-hydrogen) atoms. The van der Waals surface area contributed by atoms with Crippen molar-refractivity contribution < 1.29 is 4.74 Å². The van der Waals surface area contributed by atoms with Gasteiger partial charge in [0.2, 0.25) is 0 Å². The Bertz CT molecular complexity index is 1420. The Hall–Kier alpha value is -4.07. The van der Waals surface area contributed by atoms with Gasteiger partial charge in [0.25, 0.3) is 5.56 Å². The molecule has 1 aromatic carbocycles. The van der Waals surface area contributed by atoms with Crippen molar-refractivity contribution in [2.24, 2.45) is 0 Å². The number of nitrogens with zero attached hydrogens (tertiary/aromatic N) is 6. The van der Waals surface area contributed by atoms with Crippen LogP contribution in [0.1, 0.15) is 12.6 Å². The number of aromatic nitrogens is 6. The first-order valence-corrected chi connectivity index (χ1v) is 9.55. The molecule has 148 valence electrons. The lowest BCUT2D eigenvalue weighted by Gasteiger charge is -2.07. The van der Waals surface area contributed by atoms with Gasteiger partial charge in [0.1, 0.15) is 11.3 Å². The van der Waals surface area contributed by atoms with Crippen molar-refractivity contribution >= 4 is 16.7 Å². The van der Waals surface area contributed by atoms with Gasteiger partial charge in [-0.3, -0.25) is 14.3 Å². The quantitative estimate of drug-likeness (QED) is 0.462. The minimum atomic E-state index is -0.257. The number of benzene rings is 1. The van der Waals surface area contributed by atoms with Crippen LogP contribution in [0, 0.1) is 0 Å². The molecule has 5 rings (SSSR count). The van der Waals surface area contributed by atoms with Crippen molar-refractivity contribution in [3.8, 4) is 22.6 Å². The van der Waals surface area contributed by atoms with E-state index in [-0.39, 0.29) is 11.1 Å². The van der Waals surface area contributed by atoms with Crippen molar-refractivity contribution in [2.75, 3.05) is 7.11 Å². The highest BCUT2D eigenvalue weighted by Crippen LogP contribution is 2.30. The maximum absolute atomic E-state index is 13.1. The summed E-state index contributed by atoms with van der Waals surface area (Å²) in [5.41, 5.74) is 4.72. The van der Waals surface area contributed by atoms with Gasteiger partial charge in [0.05, 0.1) is 24.1 Å². The number of pyridine rings is 2. The molecular formula is C22H18N6O2. The largest absolute Gasteiger partial charge is 0.497 e. The topological polar surface area (TPSA) is 87.2 Å². The molecule has 0 N–H and O–H groups in total. The van der Waals surface area contributed by atoms with Gasteiger partial charge < -0.3 is 4.74 Å². The van der Waals surface area contributed by atoms with E-state index in [4.69, 9.17) is 9.84 Å². The van der Waals surface area contributed by atoms with Crippen LogP contribution >= 0.6 is 0 Å². The summed E-state index contributed by atoms with van der Waals surface area (Å²) in [6.07, 6.45) is 5.73. The highest BCUT2D eigenvalue weighted by molar-refractivity contribution is 5.84. The van der Waals surface area contributed by atoms with Gasteiger partial charge in [-0.25, -0.2) is 4.52 Å². The van der Waals surface area contributed by atoms with Gasteiger partial charge in [0.15, 0.2) is 11.2 Å². The molecule has 0 aliphatic heterocycles. The molecule has 0 radical (unpaired) electrons. The van der Waals surface area contributed by atoms with Crippen LogP contribution in [0.15, 0.2) is 65.8 Å². The van der Waals surface area contributed by atoms with Gasteiger partial charge in [-0.1, -0.05) is 19.1 Å². The lowest BCUT2D eigenvalue weighted by molar-refractivity contribution is 0.415. The Morgan fingerprint density at radius 2 is 1.77 bits per heavy atom. The Balaban J connectivity index is 1.76. The maximum atomic E-state index is 13.1. The molecule has 0 aliphatic rings. The molecule has 0 unspecified atom stereocenters. The van der Waals surface area contributed by atoms with E-state index in [0.29, 0.717) is 16.9 Å². The summed E-state index contributed by atoms with van der Waals surface area (Å²) in [6, 6.07) is 13.1. The first-order valence-electron chi connectivity index (χ1n) is 9.55. The van der Waals surface area contributed by atoms with Crippen LogP contribution in [0.4, 0.5) is 0 Å². The van der Waals surface area contributed by atoms with Gasteiger partial charge >= 0.3 is 0 Å². The third-order valence-electron chi connectivity index (χ3n) is 5.11. The van der Waals surface area contributed by atoms with Crippen LogP contribution in [0.5, 0.6) is 5.75 Å². The molecular weight excluding hydrogens is 380 g/mol. The SMILES string of the molecule is CCc1nn2c(nnc3c(=O)n(-c4ccncc4)ccc32)c1-c1ccc(OC)cc1. The summed E-state index contributed by atoms with van der Waals surface area (Å²) in [5, 5.41) is 13.4. The zero-order chi connectivity index (χ0) is 20.7. The van der Waals surface area contributed by atoms with E-state index in [2.05, 4.69) is 15.2 Å². The van der Waals surface area contributed by atoms with E-state index in [1.165, 1.54) is 4.57 Å². The summed E-state index contributed by atoms with van der Waals surface area (Å²) >= 11 is 0. The smallest absolute Gasteiger partial charge is 0.285 e.